The summed E-state index contributed by atoms with van der Waals surface area (Å²) in [6.45, 7) is 2.17. The number of nitrogens with two attached hydrogens (primary N) is 1. The third-order valence-corrected chi connectivity index (χ3v) is 1.82. The van der Waals surface area contributed by atoms with Gasteiger partial charge in [-0.15, -0.1) is 0 Å². The molecule has 0 fully saturated rings. The van der Waals surface area contributed by atoms with Crippen molar-refractivity contribution in [2.75, 3.05) is 12.3 Å². The van der Waals surface area contributed by atoms with Gasteiger partial charge in [0.2, 0.25) is 0 Å². The standard InChI is InChI=1S/C9H14N2O/c1-7(6-12)4-8-5-11-3-2-9(8)10/h2-3,5,7,12H,4,6H2,1H3,(H2,10,11). The number of rotatable bonds is 3. The van der Waals surface area contributed by atoms with Gasteiger partial charge in [-0.2, -0.15) is 0 Å². The molecule has 0 aliphatic rings. The molecule has 1 aromatic rings. The molecule has 0 saturated heterocycles. The second-order valence-electron chi connectivity index (χ2n) is 3.07. The van der Waals surface area contributed by atoms with Crippen LogP contribution in [-0.2, 0) is 6.42 Å². The van der Waals surface area contributed by atoms with E-state index >= 15 is 0 Å². The molecular formula is C9H14N2O. The molecule has 1 heterocycles. The molecule has 0 aliphatic carbocycles. The van der Waals surface area contributed by atoms with Crippen molar-refractivity contribution in [2.24, 2.45) is 5.92 Å². The van der Waals surface area contributed by atoms with Gasteiger partial charge in [0, 0.05) is 24.7 Å². The molecule has 3 N–H and O–H groups in total. The maximum absolute atomic E-state index is 8.83. The molecule has 0 spiro atoms. The highest BCUT2D eigenvalue weighted by atomic mass is 16.3. The van der Waals surface area contributed by atoms with Crippen LogP contribution in [0.25, 0.3) is 0 Å². The molecule has 1 unspecified atom stereocenters. The molecule has 1 rings (SSSR count). The van der Waals surface area contributed by atoms with E-state index in [0.29, 0.717) is 0 Å². The minimum absolute atomic E-state index is 0.189. The molecule has 0 aliphatic heterocycles. The topological polar surface area (TPSA) is 59.1 Å². The van der Waals surface area contributed by atoms with Gasteiger partial charge in [-0.3, -0.25) is 4.98 Å². The Bertz CT molecular complexity index is 250. The van der Waals surface area contributed by atoms with Crippen LogP contribution in [0, 0.1) is 5.92 Å². The summed E-state index contributed by atoms with van der Waals surface area (Å²) in [6, 6.07) is 1.78. The lowest BCUT2D eigenvalue weighted by molar-refractivity contribution is 0.237. The normalized spacial score (nSPS) is 12.8. The fraction of sp³-hybridized carbons (Fsp3) is 0.444. The Morgan fingerprint density at radius 2 is 2.42 bits per heavy atom. The fourth-order valence-electron chi connectivity index (χ4n) is 1.05. The van der Waals surface area contributed by atoms with Crippen LogP contribution >= 0.6 is 0 Å². The highest BCUT2D eigenvalue weighted by Crippen LogP contribution is 2.13. The van der Waals surface area contributed by atoms with Crippen LogP contribution < -0.4 is 5.73 Å². The first-order chi connectivity index (χ1) is 5.74. The summed E-state index contributed by atoms with van der Waals surface area (Å²) >= 11 is 0. The minimum atomic E-state index is 0.189. The zero-order valence-electron chi connectivity index (χ0n) is 7.20. The first kappa shape index (κ1) is 9.00. The number of anilines is 1. The van der Waals surface area contributed by atoms with E-state index in [4.69, 9.17) is 10.8 Å². The van der Waals surface area contributed by atoms with Gasteiger partial charge in [-0.1, -0.05) is 6.92 Å². The van der Waals surface area contributed by atoms with Gasteiger partial charge in [0.15, 0.2) is 0 Å². The highest BCUT2D eigenvalue weighted by molar-refractivity contribution is 5.44. The Kier molecular flexibility index (Phi) is 3.05. The van der Waals surface area contributed by atoms with Gasteiger partial charge in [0.1, 0.15) is 0 Å². The Hall–Kier alpha value is -1.09. The van der Waals surface area contributed by atoms with Crippen molar-refractivity contribution in [2.45, 2.75) is 13.3 Å². The SMILES string of the molecule is CC(CO)Cc1cnccc1N. The summed E-state index contributed by atoms with van der Waals surface area (Å²) < 4.78 is 0. The van der Waals surface area contributed by atoms with E-state index < -0.39 is 0 Å². The van der Waals surface area contributed by atoms with Crippen molar-refractivity contribution >= 4 is 5.69 Å². The average molecular weight is 166 g/mol. The summed E-state index contributed by atoms with van der Waals surface area (Å²) in [7, 11) is 0. The van der Waals surface area contributed by atoms with Gasteiger partial charge >= 0.3 is 0 Å². The number of aliphatic hydroxyl groups is 1. The van der Waals surface area contributed by atoms with Crippen LogP contribution in [0.4, 0.5) is 5.69 Å². The number of nitrogen functional groups attached to an aromatic ring is 1. The van der Waals surface area contributed by atoms with Gasteiger partial charge in [-0.25, -0.2) is 0 Å². The Labute approximate surface area is 72.2 Å². The van der Waals surface area contributed by atoms with E-state index in [-0.39, 0.29) is 12.5 Å². The Balaban J connectivity index is 2.69. The Morgan fingerprint density at radius 3 is 3.00 bits per heavy atom. The van der Waals surface area contributed by atoms with Crippen molar-refractivity contribution in [1.29, 1.82) is 0 Å². The summed E-state index contributed by atoms with van der Waals surface area (Å²) in [5, 5.41) is 8.83. The predicted octanol–water partition coefficient (Wildman–Crippen LogP) is 0.835. The molecule has 3 nitrogen and oxygen atoms in total. The quantitative estimate of drug-likeness (QED) is 0.699. The first-order valence-corrected chi connectivity index (χ1v) is 4.03. The van der Waals surface area contributed by atoms with Crippen LogP contribution in [-0.4, -0.2) is 16.7 Å². The summed E-state index contributed by atoms with van der Waals surface area (Å²) in [5.41, 5.74) is 7.47. The van der Waals surface area contributed by atoms with Crippen LogP contribution in [0.5, 0.6) is 0 Å². The monoisotopic (exact) mass is 166 g/mol. The van der Waals surface area contributed by atoms with Crippen molar-refractivity contribution in [1.82, 2.24) is 4.98 Å². The molecule has 3 heteroatoms. The third-order valence-electron chi connectivity index (χ3n) is 1.82. The van der Waals surface area contributed by atoms with Crippen molar-refractivity contribution in [3.05, 3.63) is 24.0 Å². The van der Waals surface area contributed by atoms with E-state index in [0.717, 1.165) is 17.7 Å². The third kappa shape index (κ3) is 2.20. The number of hydrogen-bond donors (Lipinski definition) is 2. The summed E-state index contributed by atoms with van der Waals surface area (Å²) in [6.07, 6.45) is 4.21. The number of nitrogens with zero attached hydrogens (tertiary/aromatic N) is 1. The lowest BCUT2D eigenvalue weighted by atomic mass is 10.0. The molecule has 0 amide bonds. The van der Waals surface area contributed by atoms with Crippen LogP contribution in [0.2, 0.25) is 0 Å². The lowest BCUT2D eigenvalue weighted by Gasteiger charge is -2.08. The molecule has 1 atom stereocenters. The van der Waals surface area contributed by atoms with Crippen molar-refractivity contribution in [3.8, 4) is 0 Å². The second kappa shape index (κ2) is 4.07. The predicted molar refractivity (Wildman–Crippen MR) is 48.6 cm³/mol. The van der Waals surface area contributed by atoms with E-state index in [1.165, 1.54) is 0 Å². The smallest absolute Gasteiger partial charge is 0.0459 e. The zero-order chi connectivity index (χ0) is 8.97. The molecule has 66 valence electrons. The molecule has 0 saturated carbocycles. The summed E-state index contributed by atoms with van der Waals surface area (Å²) in [4.78, 5) is 3.97. The largest absolute Gasteiger partial charge is 0.398 e. The number of aliphatic hydroxyl groups excluding tert-OH is 1. The lowest BCUT2D eigenvalue weighted by Crippen LogP contribution is -2.06. The Morgan fingerprint density at radius 1 is 1.67 bits per heavy atom. The first-order valence-electron chi connectivity index (χ1n) is 4.03. The molecule has 0 aromatic carbocycles. The van der Waals surface area contributed by atoms with E-state index in [1.807, 2.05) is 6.92 Å². The zero-order valence-corrected chi connectivity index (χ0v) is 7.20. The van der Waals surface area contributed by atoms with Crippen LogP contribution in [0.1, 0.15) is 12.5 Å². The van der Waals surface area contributed by atoms with E-state index in [9.17, 15) is 0 Å². The summed E-state index contributed by atoms with van der Waals surface area (Å²) in [5.74, 6) is 0.247. The maximum Gasteiger partial charge on any atom is 0.0459 e. The fourth-order valence-corrected chi connectivity index (χ4v) is 1.05. The highest BCUT2D eigenvalue weighted by Gasteiger charge is 2.04. The number of hydrogen-bond acceptors (Lipinski definition) is 3. The number of pyridine rings is 1. The molecule has 0 bridgehead atoms. The van der Waals surface area contributed by atoms with E-state index in [1.54, 1.807) is 18.5 Å². The van der Waals surface area contributed by atoms with Crippen LogP contribution in [0.15, 0.2) is 18.5 Å². The van der Waals surface area contributed by atoms with Gasteiger partial charge in [0.05, 0.1) is 0 Å². The minimum Gasteiger partial charge on any atom is -0.398 e. The van der Waals surface area contributed by atoms with Crippen molar-refractivity contribution < 1.29 is 5.11 Å². The molecular weight excluding hydrogens is 152 g/mol. The maximum atomic E-state index is 8.83. The van der Waals surface area contributed by atoms with Gasteiger partial charge in [0.25, 0.3) is 0 Å². The van der Waals surface area contributed by atoms with Gasteiger partial charge < -0.3 is 10.8 Å². The van der Waals surface area contributed by atoms with E-state index in [2.05, 4.69) is 4.98 Å². The van der Waals surface area contributed by atoms with Crippen LogP contribution in [0.3, 0.4) is 0 Å². The molecule has 12 heavy (non-hydrogen) atoms. The van der Waals surface area contributed by atoms with Crippen molar-refractivity contribution in [3.63, 3.8) is 0 Å². The van der Waals surface area contributed by atoms with Gasteiger partial charge in [-0.05, 0) is 24.0 Å². The number of aromatic nitrogens is 1. The average Bonchev–Trinajstić information content (AvgIpc) is 2.09. The second-order valence-corrected chi connectivity index (χ2v) is 3.07. The molecule has 1 aromatic heterocycles. The molecule has 0 radical (unpaired) electrons.